The first kappa shape index (κ1) is 14.3. The summed E-state index contributed by atoms with van der Waals surface area (Å²) in [5, 5.41) is 6.67. The smallest absolute Gasteiger partial charge is 0.244 e. The molecule has 1 aliphatic carbocycles. The molecular weight excluding hydrogens is 286 g/mol. The molecule has 1 saturated carbocycles. The first-order valence-electron chi connectivity index (χ1n) is 7.01. The van der Waals surface area contributed by atoms with Crippen LogP contribution in [0.15, 0.2) is 35.2 Å². The van der Waals surface area contributed by atoms with Crippen LogP contribution >= 0.6 is 0 Å². The van der Waals surface area contributed by atoms with Gasteiger partial charge in [0.25, 0.3) is 0 Å². The number of benzene rings is 1. The molecule has 0 saturated heterocycles. The topological polar surface area (TPSA) is 74.8 Å². The number of rotatable bonds is 5. The van der Waals surface area contributed by atoms with Crippen molar-refractivity contribution in [2.24, 2.45) is 0 Å². The molecule has 1 heterocycles. The molecule has 0 aliphatic heterocycles. The monoisotopic (exact) mass is 305 g/mol. The van der Waals surface area contributed by atoms with Crippen LogP contribution in [0.1, 0.15) is 29.8 Å². The van der Waals surface area contributed by atoms with Gasteiger partial charge < -0.3 is 0 Å². The van der Waals surface area contributed by atoms with Crippen molar-refractivity contribution < 1.29 is 8.42 Å². The molecule has 0 spiro atoms. The lowest BCUT2D eigenvalue weighted by molar-refractivity contribution is 0.566. The number of aromatic nitrogens is 2. The lowest BCUT2D eigenvalue weighted by Crippen LogP contribution is -2.32. The number of sulfonamides is 1. The summed E-state index contributed by atoms with van der Waals surface area (Å²) in [6.45, 7) is 3.85. The highest BCUT2D eigenvalue weighted by atomic mass is 32.2. The third-order valence-electron chi connectivity index (χ3n) is 4.17. The van der Waals surface area contributed by atoms with E-state index in [1.54, 1.807) is 13.8 Å². The first-order chi connectivity index (χ1) is 9.95. The lowest BCUT2D eigenvalue weighted by Gasteiger charge is -2.16. The van der Waals surface area contributed by atoms with Crippen molar-refractivity contribution in [3.05, 3.63) is 47.3 Å². The summed E-state index contributed by atoms with van der Waals surface area (Å²) in [6, 6.07) is 10.1. The van der Waals surface area contributed by atoms with Crippen molar-refractivity contribution in [2.75, 3.05) is 6.54 Å². The molecule has 1 fully saturated rings. The fourth-order valence-electron chi connectivity index (χ4n) is 2.75. The van der Waals surface area contributed by atoms with Crippen LogP contribution in [0.3, 0.4) is 0 Å². The summed E-state index contributed by atoms with van der Waals surface area (Å²) in [6.07, 6.45) is 2.03. The number of aryl methyl sites for hydroxylation is 2. The molecule has 1 aromatic heterocycles. The molecule has 0 radical (unpaired) electrons. The van der Waals surface area contributed by atoms with Crippen molar-refractivity contribution >= 4 is 10.0 Å². The number of nitrogens with zero attached hydrogens (tertiary/aromatic N) is 1. The van der Waals surface area contributed by atoms with Gasteiger partial charge in [0.1, 0.15) is 4.90 Å². The van der Waals surface area contributed by atoms with E-state index in [-0.39, 0.29) is 10.3 Å². The van der Waals surface area contributed by atoms with E-state index in [4.69, 9.17) is 0 Å². The highest BCUT2D eigenvalue weighted by molar-refractivity contribution is 7.89. The SMILES string of the molecule is Cc1n[nH]c(C)c1S(=O)(=O)NCC1(c2ccccc2)CC1. The van der Waals surface area contributed by atoms with Crippen molar-refractivity contribution in [3.8, 4) is 0 Å². The highest BCUT2D eigenvalue weighted by Gasteiger charge is 2.44. The summed E-state index contributed by atoms with van der Waals surface area (Å²) in [7, 11) is -3.52. The average molecular weight is 305 g/mol. The number of aromatic amines is 1. The van der Waals surface area contributed by atoms with Crippen LogP contribution < -0.4 is 4.72 Å². The largest absolute Gasteiger partial charge is 0.281 e. The predicted octanol–water partition coefficient (Wildman–Crippen LogP) is 2.04. The molecule has 112 valence electrons. The van der Waals surface area contributed by atoms with E-state index in [2.05, 4.69) is 27.1 Å². The van der Waals surface area contributed by atoms with Gasteiger partial charge >= 0.3 is 0 Å². The minimum Gasteiger partial charge on any atom is -0.281 e. The molecule has 0 bridgehead atoms. The Labute approximate surface area is 124 Å². The Balaban J connectivity index is 1.79. The molecule has 0 atom stereocenters. The predicted molar refractivity (Wildman–Crippen MR) is 80.6 cm³/mol. The summed E-state index contributed by atoms with van der Waals surface area (Å²) >= 11 is 0. The summed E-state index contributed by atoms with van der Waals surface area (Å²) in [5.74, 6) is 0. The van der Waals surface area contributed by atoms with Crippen LogP contribution in [0, 0.1) is 13.8 Å². The van der Waals surface area contributed by atoms with Crippen LogP contribution in [-0.2, 0) is 15.4 Å². The fourth-order valence-corrected chi connectivity index (χ4v) is 4.25. The maximum Gasteiger partial charge on any atom is 0.244 e. The van der Waals surface area contributed by atoms with Crippen molar-refractivity contribution in [1.82, 2.24) is 14.9 Å². The van der Waals surface area contributed by atoms with Crippen molar-refractivity contribution in [2.45, 2.75) is 37.0 Å². The molecule has 21 heavy (non-hydrogen) atoms. The van der Waals surface area contributed by atoms with Gasteiger partial charge in [-0.3, -0.25) is 5.10 Å². The summed E-state index contributed by atoms with van der Waals surface area (Å²) in [4.78, 5) is 0.270. The minimum atomic E-state index is -3.52. The standard InChI is InChI=1S/C15H19N3O2S/c1-11-14(12(2)18-17-11)21(19,20)16-10-15(8-9-15)13-6-4-3-5-7-13/h3-7,16H,8-10H2,1-2H3,(H,17,18). The number of hydrogen-bond acceptors (Lipinski definition) is 3. The Kier molecular flexibility index (Phi) is 3.37. The Bertz CT molecular complexity index is 727. The van der Waals surface area contributed by atoms with E-state index in [9.17, 15) is 8.42 Å². The molecule has 1 aliphatic rings. The molecule has 0 unspecified atom stereocenters. The molecule has 3 rings (SSSR count). The second kappa shape index (κ2) is 4.96. The molecule has 2 N–H and O–H groups in total. The Hall–Kier alpha value is -1.66. The molecule has 1 aromatic carbocycles. The van der Waals surface area contributed by atoms with Crippen LogP contribution in [0.25, 0.3) is 0 Å². The summed E-state index contributed by atoms with van der Waals surface area (Å²) < 4.78 is 27.7. The number of H-pyrrole nitrogens is 1. The van der Waals surface area contributed by atoms with Gasteiger partial charge in [0, 0.05) is 12.0 Å². The van der Waals surface area contributed by atoms with Gasteiger partial charge in [-0.05, 0) is 32.3 Å². The average Bonchev–Trinajstić information content (AvgIpc) is 3.18. The Morgan fingerprint density at radius 3 is 2.43 bits per heavy atom. The van der Waals surface area contributed by atoms with E-state index in [1.165, 1.54) is 5.56 Å². The molecule has 6 heteroatoms. The van der Waals surface area contributed by atoms with Crippen LogP contribution in [0.2, 0.25) is 0 Å². The third-order valence-corrected chi connectivity index (χ3v) is 5.83. The van der Waals surface area contributed by atoms with E-state index >= 15 is 0 Å². The molecular formula is C15H19N3O2S. The zero-order chi connectivity index (χ0) is 15.1. The lowest BCUT2D eigenvalue weighted by atomic mass is 9.96. The van der Waals surface area contributed by atoms with Gasteiger partial charge in [0.05, 0.1) is 11.4 Å². The zero-order valence-corrected chi connectivity index (χ0v) is 13.0. The van der Waals surface area contributed by atoms with Crippen LogP contribution in [0.4, 0.5) is 0 Å². The van der Waals surface area contributed by atoms with Gasteiger partial charge in [-0.25, -0.2) is 13.1 Å². The van der Waals surface area contributed by atoms with Crippen LogP contribution in [-0.4, -0.2) is 25.2 Å². The van der Waals surface area contributed by atoms with Crippen LogP contribution in [0.5, 0.6) is 0 Å². The van der Waals surface area contributed by atoms with Gasteiger partial charge in [-0.15, -0.1) is 0 Å². The van der Waals surface area contributed by atoms with Crippen molar-refractivity contribution in [1.29, 1.82) is 0 Å². The molecule has 2 aromatic rings. The van der Waals surface area contributed by atoms with Crippen molar-refractivity contribution in [3.63, 3.8) is 0 Å². The highest BCUT2D eigenvalue weighted by Crippen LogP contribution is 2.47. The number of hydrogen-bond donors (Lipinski definition) is 2. The van der Waals surface area contributed by atoms with Gasteiger partial charge in [-0.1, -0.05) is 30.3 Å². The first-order valence-corrected chi connectivity index (χ1v) is 8.50. The molecule has 0 amide bonds. The number of nitrogens with one attached hydrogen (secondary N) is 2. The van der Waals surface area contributed by atoms with E-state index in [0.717, 1.165) is 12.8 Å². The van der Waals surface area contributed by atoms with Gasteiger partial charge in [0.15, 0.2) is 0 Å². The van der Waals surface area contributed by atoms with E-state index < -0.39 is 10.0 Å². The second-order valence-electron chi connectivity index (χ2n) is 5.73. The maximum absolute atomic E-state index is 12.5. The van der Waals surface area contributed by atoms with E-state index in [0.29, 0.717) is 17.9 Å². The van der Waals surface area contributed by atoms with E-state index in [1.807, 2.05) is 18.2 Å². The molecule has 5 nitrogen and oxygen atoms in total. The summed E-state index contributed by atoms with van der Waals surface area (Å²) in [5.41, 5.74) is 2.24. The normalized spacial score (nSPS) is 16.9. The second-order valence-corrected chi connectivity index (χ2v) is 7.44. The third kappa shape index (κ3) is 2.61. The Morgan fingerprint density at radius 1 is 1.24 bits per heavy atom. The Morgan fingerprint density at radius 2 is 1.90 bits per heavy atom. The van der Waals surface area contributed by atoms with Gasteiger partial charge in [-0.2, -0.15) is 5.10 Å². The zero-order valence-electron chi connectivity index (χ0n) is 12.2. The fraction of sp³-hybridized carbons (Fsp3) is 0.400. The minimum absolute atomic E-state index is 0.0418. The maximum atomic E-state index is 12.5. The van der Waals surface area contributed by atoms with Gasteiger partial charge in [0.2, 0.25) is 10.0 Å². The quantitative estimate of drug-likeness (QED) is 0.887.